The summed E-state index contributed by atoms with van der Waals surface area (Å²) in [6.45, 7) is 4.33. The van der Waals surface area contributed by atoms with E-state index < -0.39 is 0 Å². The quantitative estimate of drug-likeness (QED) is 0.621. The maximum absolute atomic E-state index is 13.2. The molecule has 1 unspecified atom stereocenters. The van der Waals surface area contributed by atoms with Crippen LogP contribution in [0.4, 0.5) is 0 Å². The highest BCUT2D eigenvalue weighted by molar-refractivity contribution is 5.79. The number of nitrogens with zero attached hydrogens (tertiary/aromatic N) is 1. The molecule has 150 valence electrons. The van der Waals surface area contributed by atoms with E-state index in [4.69, 9.17) is 4.42 Å². The van der Waals surface area contributed by atoms with Crippen molar-refractivity contribution in [2.24, 2.45) is 0 Å². The predicted octanol–water partition coefficient (Wildman–Crippen LogP) is 4.38. The van der Waals surface area contributed by atoms with Gasteiger partial charge in [0.25, 0.3) is 0 Å². The minimum atomic E-state index is -0.379. The Morgan fingerprint density at radius 3 is 2.31 bits per heavy atom. The van der Waals surface area contributed by atoms with Gasteiger partial charge in [-0.1, -0.05) is 60.2 Å². The fourth-order valence-corrected chi connectivity index (χ4v) is 3.23. The van der Waals surface area contributed by atoms with Crippen molar-refractivity contribution >= 4 is 11.8 Å². The molecule has 2 amide bonds. The summed E-state index contributed by atoms with van der Waals surface area (Å²) >= 11 is 0. The van der Waals surface area contributed by atoms with Gasteiger partial charge < -0.3 is 14.6 Å². The maximum Gasteiger partial charge on any atom is 0.225 e. The van der Waals surface area contributed by atoms with Gasteiger partial charge in [0.15, 0.2) is 0 Å². The highest BCUT2D eigenvalue weighted by Gasteiger charge is 2.22. The van der Waals surface area contributed by atoms with Crippen molar-refractivity contribution in [2.75, 3.05) is 0 Å². The van der Waals surface area contributed by atoms with Crippen molar-refractivity contribution in [1.82, 2.24) is 10.2 Å². The van der Waals surface area contributed by atoms with Crippen molar-refractivity contribution in [1.29, 1.82) is 0 Å². The maximum atomic E-state index is 13.2. The van der Waals surface area contributed by atoms with Crippen molar-refractivity contribution in [3.05, 3.63) is 95.4 Å². The van der Waals surface area contributed by atoms with E-state index in [1.165, 1.54) is 6.92 Å². The molecule has 1 heterocycles. The van der Waals surface area contributed by atoms with Gasteiger partial charge in [-0.05, 0) is 30.2 Å². The molecule has 3 rings (SSSR count). The minimum absolute atomic E-state index is 0.0513. The molecule has 2 aromatic carbocycles. The monoisotopic (exact) mass is 390 g/mol. The summed E-state index contributed by atoms with van der Waals surface area (Å²) in [4.78, 5) is 26.7. The molecule has 0 aliphatic carbocycles. The third-order valence-corrected chi connectivity index (χ3v) is 4.73. The first-order valence-electron chi connectivity index (χ1n) is 9.69. The van der Waals surface area contributed by atoms with Crippen molar-refractivity contribution < 1.29 is 14.0 Å². The first kappa shape index (κ1) is 20.4. The molecule has 1 atom stereocenters. The van der Waals surface area contributed by atoms with Gasteiger partial charge in [-0.15, -0.1) is 0 Å². The Morgan fingerprint density at radius 1 is 0.966 bits per heavy atom. The molecular formula is C24H26N2O3. The second-order valence-electron chi connectivity index (χ2n) is 7.18. The molecule has 29 heavy (non-hydrogen) atoms. The summed E-state index contributed by atoms with van der Waals surface area (Å²) in [5.74, 6) is 0.509. The molecule has 3 aromatic rings. The summed E-state index contributed by atoms with van der Waals surface area (Å²) in [6.07, 6.45) is 1.78. The van der Waals surface area contributed by atoms with E-state index in [1.54, 1.807) is 11.2 Å². The Labute approximate surface area is 171 Å². The largest absolute Gasteiger partial charge is 0.467 e. The lowest BCUT2D eigenvalue weighted by Crippen LogP contribution is -2.35. The van der Waals surface area contributed by atoms with E-state index in [-0.39, 0.29) is 24.3 Å². The molecule has 1 aromatic heterocycles. The Hall–Kier alpha value is -3.34. The van der Waals surface area contributed by atoms with E-state index in [9.17, 15) is 9.59 Å². The zero-order valence-corrected chi connectivity index (χ0v) is 16.8. The molecule has 0 radical (unpaired) electrons. The lowest BCUT2D eigenvalue weighted by atomic mass is 10.0. The van der Waals surface area contributed by atoms with Crippen LogP contribution in [0.25, 0.3) is 0 Å². The average molecular weight is 390 g/mol. The highest BCUT2D eigenvalue weighted by Crippen LogP contribution is 2.21. The molecular weight excluding hydrogens is 364 g/mol. The Kier molecular flexibility index (Phi) is 6.85. The van der Waals surface area contributed by atoms with Crippen LogP contribution in [0.15, 0.2) is 77.4 Å². The SMILES string of the molecule is CC(=O)NC(CC(=O)N(Cc1ccccc1)Cc1ccco1)c1ccc(C)cc1. The van der Waals surface area contributed by atoms with Crippen molar-refractivity contribution in [2.45, 2.75) is 39.4 Å². The third-order valence-electron chi connectivity index (χ3n) is 4.73. The first-order chi connectivity index (χ1) is 14.0. The number of carbonyl (C=O) groups is 2. The van der Waals surface area contributed by atoms with Crippen LogP contribution in [0.3, 0.4) is 0 Å². The molecule has 0 aliphatic heterocycles. The van der Waals surface area contributed by atoms with Crippen LogP contribution in [0.2, 0.25) is 0 Å². The Morgan fingerprint density at radius 2 is 1.69 bits per heavy atom. The molecule has 0 aliphatic rings. The molecule has 1 N–H and O–H groups in total. The standard InChI is InChI=1S/C24H26N2O3/c1-18-10-12-21(13-11-18)23(25-19(2)27)15-24(28)26(17-22-9-6-14-29-22)16-20-7-4-3-5-8-20/h3-14,23H,15-17H2,1-2H3,(H,25,27). The fraction of sp³-hybridized carbons (Fsp3) is 0.250. The zero-order chi connectivity index (χ0) is 20.6. The van der Waals surface area contributed by atoms with Gasteiger partial charge in [-0.3, -0.25) is 9.59 Å². The summed E-state index contributed by atoms with van der Waals surface area (Å²) < 4.78 is 5.46. The molecule has 5 heteroatoms. The lowest BCUT2D eigenvalue weighted by molar-refractivity contribution is -0.133. The minimum Gasteiger partial charge on any atom is -0.467 e. The molecule has 0 spiro atoms. The highest BCUT2D eigenvalue weighted by atomic mass is 16.3. The van der Waals surface area contributed by atoms with Crippen LogP contribution in [0, 0.1) is 6.92 Å². The fourth-order valence-electron chi connectivity index (χ4n) is 3.23. The number of benzene rings is 2. The molecule has 0 fully saturated rings. The van der Waals surface area contributed by atoms with Crippen LogP contribution in [0.5, 0.6) is 0 Å². The van der Waals surface area contributed by atoms with Crippen molar-refractivity contribution in [3.63, 3.8) is 0 Å². The normalized spacial score (nSPS) is 11.7. The van der Waals surface area contributed by atoms with E-state index in [0.717, 1.165) is 22.5 Å². The number of rotatable bonds is 8. The third kappa shape index (κ3) is 6.07. The Balaban J connectivity index is 1.80. The number of nitrogens with one attached hydrogen (secondary N) is 1. The topological polar surface area (TPSA) is 62.6 Å². The van der Waals surface area contributed by atoms with Crippen LogP contribution in [0.1, 0.15) is 41.8 Å². The van der Waals surface area contributed by atoms with Gasteiger partial charge >= 0.3 is 0 Å². The van der Waals surface area contributed by atoms with Crippen LogP contribution < -0.4 is 5.32 Å². The summed E-state index contributed by atoms with van der Waals surface area (Å²) in [5, 5.41) is 2.91. The second kappa shape index (κ2) is 9.73. The number of aryl methyl sites for hydroxylation is 1. The number of carbonyl (C=O) groups excluding carboxylic acids is 2. The van der Waals surface area contributed by atoms with E-state index in [0.29, 0.717) is 13.1 Å². The van der Waals surface area contributed by atoms with E-state index in [1.807, 2.05) is 73.7 Å². The molecule has 0 bridgehead atoms. The Bertz CT molecular complexity index is 919. The summed E-state index contributed by atoms with van der Waals surface area (Å²) in [7, 11) is 0. The number of hydrogen-bond donors (Lipinski definition) is 1. The predicted molar refractivity (Wildman–Crippen MR) is 112 cm³/mol. The van der Waals surface area contributed by atoms with E-state index >= 15 is 0 Å². The lowest BCUT2D eigenvalue weighted by Gasteiger charge is -2.25. The number of amides is 2. The van der Waals surface area contributed by atoms with Gasteiger partial charge in [0, 0.05) is 13.5 Å². The zero-order valence-electron chi connectivity index (χ0n) is 16.8. The molecule has 5 nitrogen and oxygen atoms in total. The molecule has 0 saturated heterocycles. The second-order valence-corrected chi connectivity index (χ2v) is 7.18. The average Bonchev–Trinajstić information content (AvgIpc) is 3.21. The van der Waals surface area contributed by atoms with Crippen LogP contribution in [-0.2, 0) is 22.7 Å². The number of hydrogen-bond acceptors (Lipinski definition) is 3. The van der Waals surface area contributed by atoms with E-state index in [2.05, 4.69) is 5.32 Å². The van der Waals surface area contributed by atoms with Gasteiger partial charge in [0.1, 0.15) is 5.76 Å². The van der Waals surface area contributed by atoms with Gasteiger partial charge in [0.2, 0.25) is 11.8 Å². The van der Waals surface area contributed by atoms with Gasteiger partial charge in [-0.2, -0.15) is 0 Å². The summed E-state index contributed by atoms with van der Waals surface area (Å²) in [5.41, 5.74) is 3.08. The molecule has 0 saturated carbocycles. The first-order valence-corrected chi connectivity index (χ1v) is 9.69. The van der Waals surface area contributed by atoms with Crippen LogP contribution in [-0.4, -0.2) is 16.7 Å². The summed E-state index contributed by atoms with van der Waals surface area (Å²) in [6, 6.07) is 21.0. The van der Waals surface area contributed by atoms with Gasteiger partial charge in [0.05, 0.1) is 25.3 Å². The van der Waals surface area contributed by atoms with Crippen molar-refractivity contribution in [3.8, 4) is 0 Å². The van der Waals surface area contributed by atoms with Crippen LogP contribution >= 0.6 is 0 Å². The number of furan rings is 1. The smallest absolute Gasteiger partial charge is 0.225 e. The van der Waals surface area contributed by atoms with Gasteiger partial charge in [-0.25, -0.2) is 0 Å².